The summed E-state index contributed by atoms with van der Waals surface area (Å²) in [7, 11) is 0. The molecule has 0 aliphatic carbocycles. The highest BCUT2D eigenvalue weighted by atomic mass is 32.2. The van der Waals surface area contributed by atoms with E-state index in [0.717, 1.165) is 0 Å². The lowest BCUT2D eigenvalue weighted by molar-refractivity contribution is -0.143. The number of aliphatic carboxylic acids is 2. The van der Waals surface area contributed by atoms with Crippen molar-refractivity contribution in [3.05, 3.63) is 35.9 Å². The van der Waals surface area contributed by atoms with Crippen LogP contribution in [0.3, 0.4) is 0 Å². The van der Waals surface area contributed by atoms with Crippen molar-refractivity contribution in [1.29, 1.82) is 0 Å². The molecule has 0 saturated heterocycles. The standard InChI is InChI=1S/C22H32N4O7S2/c1-35-10-9-16(24-19(29)14(23)12-34)21(31)25-15(7-8-18(27)28)20(30)26-17(22(32)33)11-13-5-3-2-4-6-13/h2-6,14-17,34H,7-12,23H2,1H3,(H,24,29)(H,25,31)(H,26,30)(H,27,28)(H,32,33). The van der Waals surface area contributed by atoms with Crippen LogP contribution < -0.4 is 21.7 Å². The summed E-state index contributed by atoms with van der Waals surface area (Å²) in [5.74, 6) is -4.05. The zero-order valence-electron chi connectivity index (χ0n) is 19.3. The number of benzene rings is 1. The molecule has 194 valence electrons. The lowest BCUT2D eigenvalue weighted by atomic mass is 10.0. The monoisotopic (exact) mass is 528 g/mol. The number of hydrogen-bond donors (Lipinski definition) is 7. The van der Waals surface area contributed by atoms with Gasteiger partial charge in [0.2, 0.25) is 17.7 Å². The number of amides is 3. The summed E-state index contributed by atoms with van der Waals surface area (Å²) in [5.41, 5.74) is 6.33. The molecule has 4 atom stereocenters. The van der Waals surface area contributed by atoms with E-state index in [1.807, 2.05) is 6.26 Å². The first-order valence-electron chi connectivity index (χ1n) is 10.8. The summed E-state index contributed by atoms with van der Waals surface area (Å²) in [6.07, 6.45) is 1.33. The fourth-order valence-corrected chi connectivity index (χ4v) is 3.63. The number of thiol groups is 1. The zero-order chi connectivity index (χ0) is 26.4. The average molecular weight is 529 g/mol. The van der Waals surface area contributed by atoms with Gasteiger partial charge >= 0.3 is 11.9 Å². The minimum absolute atomic E-state index is 0.00443. The summed E-state index contributed by atoms with van der Waals surface area (Å²) >= 11 is 5.41. The van der Waals surface area contributed by atoms with Crippen molar-refractivity contribution in [2.75, 3.05) is 17.8 Å². The van der Waals surface area contributed by atoms with Gasteiger partial charge in [0, 0.05) is 18.6 Å². The van der Waals surface area contributed by atoms with Gasteiger partial charge < -0.3 is 31.9 Å². The third kappa shape index (κ3) is 11.5. The molecule has 1 aromatic rings. The number of nitrogens with two attached hydrogens (primary N) is 1. The minimum Gasteiger partial charge on any atom is -0.481 e. The van der Waals surface area contributed by atoms with E-state index < -0.39 is 60.2 Å². The van der Waals surface area contributed by atoms with Crippen LogP contribution >= 0.6 is 24.4 Å². The Morgan fingerprint density at radius 3 is 1.97 bits per heavy atom. The average Bonchev–Trinajstić information content (AvgIpc) is 2.83. The predicted octanol–water partition coefficient (Wildman–Crippen LogP) is -0.357. The molecule has 0 saturated carbocycles. The Kier molecular flexibility index (Phi) is 13.8. The van der Waals surface area contributed by atoms with Gasteiger partial charge in [0.05, 0.1) is 6.04 Å². The number of nitrogens with one attached hydrogen (secondary N) is 3. The molecule has 0 aliphatic heterocycles. The number of thioether (sulfide) groups is 1. The lowest BCUT2D eigenvalue weighted by Gasteiger charge is -2.25. The zero-order valence-corrected chi connectivity index (χ0v) is 21.0. The van der Waals surface area contributed by atoms with Crippen LogP contribution in [0.2, 0.25) is 0 Å². The Balaban J connectivity index is 3.00. The van der Waals surface area contributed by atoms with Crippen molar-refractivity contribution in [2.45, 2.75) is 49.9 Å². The van der Waals surface area contributed by atoms with Gasteiger partial charge in [0.25, 0.3) is 0 Å². The third-order valence-electron chi connectivity index (χ3n) is 4.95. The highest BCUT2D eigenvalue weighted by Crippen LogP contribution is 2.07. The molecule has 0 aromatic heterocycles. The molecule has 3 amide bonds. The van der Waals surface area contributed by atoms with Crippen LogP contribution in [-0.2, 0) is 30.4 Å². The van der Waals surface area contributed by atoms with Gasteiger partial charge in [-0.25, -0.2) is 4.79 Å². The van der Waals surface area contributed by atoms with Crippen molar-refractivity contribution < 1.29 is 34.2 Å². The second-order valence-electron chi connectivity index (χ2n) is 7.71. The first-order valence-corrected chi connectivity index (χ1v) is 12.9. The summed E-state index contributed by atoms with van der Waals surface area (Å²) in [6.45, 7) is 0. The van der Waals surface area contributed by atoms with Crippen molar-refractivity contribution in [3.8, 4) is 0 Å². The normalized spacial score (nSPS) is 14.1. The Morgan fingerprint density at radius 2 is 1.46 bits per heavy atom. The van der Waals surface area contributed by atoms with E-state index in [1.54, 1.807) is 30.3 Å². The van der Waals surface area contributed by atoms with Crippen LogP contribution in [0.5, 0.6) is 0 Å². The van der Waals surface area contributed by atoms with E-state index >= 15 is 0 Å². The molecular weight excluding hydrogens is 496 g/mol. The van der Waals surface area contributed by atoms with Gasteiger partial charge in [-0.05, 0) is 30.4 Å². The molecule has 0 fully saturated rings. The summed E-state index contributed by atoms with van der Waals surface area (Å²) in [4.78, 5) is 60.8. The molecule has 1 aromatic carbocycles. The molecule has 35 heavy (non-hydrogen) atoms. The Bertz CT molecular complexity index is 873. The van der Waals surface area contributed by atoms with Crippen molar-refractivity contribution in [3.63, 3.8) is 0 Å². The molecule has 0 radical (unpaired) electrons. The second kappa shape index (κ2) is 16.0. The van der Waals surface area contributed by atoms with Crippen LogP contribution in [0.4, 0.5) is 0 Å². The largest absolute Gasteiger partial charge is 0.481 e. The Labute approximate surface area is 213 Å². The smallest absolute Gasteiger partial charge is 0.326 e. The van der Waals surface area contributed by atoms with E-state index in [0.29, 0.717) is 11.3 Å². The lowest BCUT2D eigenvalue weighted by Crippen LogP contribution is -2.57. The van der Waals surface area contributed by atoms with Gasteiger partial charge in [0.15, 0.2) is 0 Å². The molecule has 11 nitrogen and oxygen atoms in total. The topological polar surface area (TPSA) is 188 Å². The third-order valence-corrected chi connectivity index (χ3v) is 5.99. The van der Waals surface area contributed by atoms with Crippen molar-refractivity contribution in [1.82, 2.24) is 16.0 Å². The maximum absolute atomic E-state index is 12.9. The molecule has 0 aliphatic rings. The van der Waals surface area contributed by atoms with E-state index in [2.05, 4.69) is 28.6 Å². The fraction of sp³-hybridized carbons (Fsp3) is 0.500. The Hall–Kier alpha value is -2.77. The number of hydrogen-bond acceptors (Lipinski definition) is 8. The van der Waals surface area contributed by atoms with Crippen LogP contribution in [-0.4, -0.2) is 81.8 Å². The van der Waals surface area contributed by atoms with E-state index in [-0.39, 0.29) is 25.0 Å². The molecule has 13 heteroatoms. The SMILES string of the molecule is CSCCC(NC(=O)C(N)CS)C(=O)NC(CCC(=O)O)C(=O)NC(Cc1ccccc1)C(=O)O. The van der Waals surface area contributed by atoms with Gasteiger partial charge in [-0.1, -0.05) is 30.3 Å². The van der Waals surface area contributed by atoms with Gasteiger partial charge in [-0.15, -0.1) is 0 Å². The minimum atomic E-state index is -1.33. The van der Waals surface area contributed by atoms with Gasteiger partial charge in [0.1, 0.15) is 18.1 Å². The summed E-state index contributed by atoms with van der Waals surface area (Å²) < 4.78 is 0. The number of carboxylic acids is 2. The van der Waals surface area contributed by atoms with E-state index in [9.17, 15) is 29.1 Å². The van der Waals surface area contributed by atoms with E-state index in [4.69, 9.17) is 10.8 Å². The predicted molar refractivity (Wildman–Crippen MR) is 135 cm³/mol. The van der Waals surface area contributed by atoms with Crippen LogP contribution in [0, 0.1) is 0 Å². The quantitative estimate of drug-likeness (QED) is 0.141. The van der Waals surface area contributed by atoms with Gasteiger partial charge in [-0.3, -0.25) is 19.2 Å². The number of rotatable bonds is 16. The van der Waals surface area contributed by atoms with Crippen LogP contribution in [0.15, 0.2) is 30.3 Å². The van der Waals surface area contributed by atoms with Crippen molar-refractivity contribution in [2.24, 2.45) is 5.73 Å². The van der Waals surface area contributed by atoms with Crippen molar-refractivity contribution >= 4 is 54.1 Å². The number of carbonyl (C=O) groups excluding carboxylic acids is 3. The number of carbonyl (C=O) groups is 5. The molecule has 4 unspecified atom stereocenters. The maximum Gasteiger partial charge on any atom is 0.326 e. The Morgan fingerprint density at radius 1 is 0.914 bits per heavy atom. The number of carboxylic acid groups (broad SMARTS) is 2. The fourth-order valence-electron chi connectivity index (χ4n) is 3.00. The molecule has 0 heterocycles. The molecule has 0 spiro atoms. The maximum atomic E-state index is 12.9. The second-order valence-corrected chi connectivity index (χ2v) is 9.07. The van der Waals surface area contributed by atoms with Crippen LogP contribution in [0.1, 0.15) is 24.8 Å². The van der Waals surface area contributed by atoms with Gasteiger partial charge in [-0.2, -0.15) is 24.4 Å². The summed E-state index contributed by atoms with van der Waals surface area (Å²) in [6, 6.07) is 4.05. The van der Waals surface area contributed by atoms with E-state index in [1.165, 1.54) is 11.8 Å². The molecule has 7 N–H and O–H groups in total. The molecular formula is C22H32N4O7S2. The molecule has 0 bridgehead atoms. The molecule has 1 rings (SSSR count). The first-order chi connectivity index (χ1) is 16.6. The van der Waals surface area contributed by atoms with Crippen LogP contribution in [0.25, 0.3) is 0 Å². The highest BCUT2D eigenvalue weighted by Gasteiger charge is 2.30. The summed E-state index contributed by atoms with van der Waals surface area (Å²) in [5, 5.41) is 26.0. The first kappa shape index (κ1) is 30.3. The highest BCUT2D eigenvalue weighted by molar-refractivity contribution is 7.98.